The lowest BCUT2D eigenvalue weighted by molar-refractivity contribution is 0.452. The molecule has 2 rings (SSSR count). The third kappa shape index (κ3) is 1.76. The van der Waals surface area contributed by atoms with E-state index < -0.39 is 0 Å². The molecule has 1 aromatic heterocycles. The van der Waals surface area contributed by atoms with Crippen molar-refractivity contribution in [3.8, 4) is 0 Å². The van der Waals surface area contributed by atoms with Gasteiger partial charge in [-0.15, -0.1) is 10.2 Å². The summed E-state index contributed by atoms with van der Waals surface area (Å²) in [5, 5.41) is 7.91. The van der Waals surface area contributed by atoms with Gasteiger partial charge in [-0.2, -0.15) is 0 Å². The molecule has 2 unspecified atom stereocenters. The SMILES string of the molecule is FCC1CC1c1cc(Cl)nnc1Cl. The van der Waals surface area contributed by atoms with Crippen LogP contribution in [0.25, 0.3) is 0 Å². The van der Waals surface area contributed by atoms with Crippen LogP contribution in [0.3, 0.4) is 0 Å². The van der Waals surface area contributed by atoms with E-state index in [2.05, 4.69) is 10.2 Å². The number of aromatic nitrogens is 2. The van der Waals surface area contributed by atoms with Gasteiger partial charge in [0.05, 0.1) is 6.67 Å². The second kappa shape index (κ2) is 3.39. The van der Waals surface area contributed by atoms with E-state index in [-0.39, 0.29) is 18.5 Å². The maximum atomic E-state index is 12.2. The number of halogens is 3. The predicted molar refractivity (Wildman–Crippen MR) is 48.9 cm³/mol. The first-order valence-electron chi connectivity index (χ1n) is 3.97. The monoisotopic (exact) mass is 220 g/mol. The molecule has 2 atom stereocenters. The first kappa shape index (κ1) is 9.16. The molecule has 0 N–H and O–H groups in total. The Balaban J connectivity index is 2.25. The Labute approximate surface area is 85.1 Å². The highest BCUT2D eigenvalue weighted by Crippen LogP contribution is 2.49. The molecule has 1 aromatic rings. The number of nitrogens with zero attached hydrogens (tertiary/aromatic N) is 2. The summed E-state index contributed by atoms with van der Waals surface area (Å²) in [5.41, 5.74) is 0.823. The third-order valence-corrected chi connectivity index (χ3v) is 2.74. The van der Waals surface area contributed by atoms with Gasteiger partial charge in [0.1, 0.15) is 0 Å². The van der Waals surface area contributed by atoms with Crippen LogP contribution < -0.4 is 0 Å². The summed E-state index contributed by atoms with van der Waals surface area (Å²) in [7, 11) is 0. The van der Waals surface area contributed by atoms with E-state index in [0.717, 1.165) is 12.0 Å². The minimum absolute atomic E-state index is 0.0952. The molecule has 0 amide bonds. The smallest absolute Gasteiger partial charge is 0.155 e. The molecule has 13 heavy (non-hydrogen) atoms. The van der Waals surface area contributed by atoms with Crippen molar-refractivity contribution in [2.24, 2.45) is 5.92 Å². The molecule has 2 nitrogen and oxygen atoms in total. The van der Waals surface area contributed by atoms with E-state index in [9.17, 15) is 4.39 Å². The lowest BCUT2D eigenvalue weighted by Gasteiger charge is -2.00. The lowest BCUT2D eigenvalue weighted by atomic mass is 10.2. The molecule has 0 saturated heterocycles. The van der Waals surface area contributed by atoms with Crippen molar-refractivity contribution in [1.82, 2.24) is 10.2 Å². The van der Waals surface area contributed by atoms with E-state index >= 15 is 0 Å². The number of alkyl halides is 1. The molecule has 5 heteroatoms. The minimum atomic E-state index is -0.305. The Hall–Kier alpha value is -0.410. The zero-order valence-electron chi connectivity index (χ0n) is 6.67. The topological polar surface area (TPSA) is 25.8 Å². The van der Waals surface area contributed by atoms with Crippen LogP contribution in [0.15, 0.2) is 6.07 Å². The highest BCUT2D eigenvalue weighted by atomic mass is 35.5. The average molecular weight is 221 g/mol. The summed E-state index contributed by atoms with van der Waals surface area (Å²) in [5.74, 6) is 0.281. The Kier molecular flexibility index (Phi) is 2.39. The van der Waals surface area contributed by atoms with Gasteiger partial charge in [0, 0.05) is 0 Å². The molecule has 1 heterocycles. The Morgan fingerprint density at radius 3 is 2.85 bits per heavy atom. The zero-order chi connectivity index (χ0) is 9.42. The first-order valence-corrected chi connectivity index (χ1v) is 4.72. The molecule has 0 spiro atoms. The minimum Gasteiger partial charge on any atom is -0.251 e. The van der Waals surface area contributed by atoms with Gasteiger partial charge < -0.3 is 0 Å². The van der Waals surface area contributed by atoms with Gasteiger partial charge in [-0.3, -0.25) is 4.39 Å². The third-order valence-electron chi connectivity index (χ3n) is 2.27. The maximum absolute atomic E-state index is 12.2. The largest absolute Gasteiger partial charge is 0.251 e. The molecule has 70 valence electrons. The molecule has 0 radical (unpaired) electrons. The summed E-state index contributed by atoms with van der Waals surface area (Å²) in [4.78, 5) is 0. The van der Waals surface area contributed by atoms with Crippen molar-refractivity contribution in [2.45, 2.75) is 12.3 Å². The molecule has 0 aromatic carbocycles. The van der Waals surface area contributed by atoms with Crippen molar-refractivity contribution < 1.29 is 4.39 Å². The molecular formula is C8H7Cl2FN2. The predicted octanol–water partition coefficient (Wildman–Crippen LogP) is 2.86. The van der Waals surface area contributed by atoms with Crippen molar-refractivity contribution >= 4 is 23.2 Å². The molecule has 1 aliphatic carbocycles. The Morgan fingerprint density at radius 2 is 2.23 bits per heavy atom. The molecule has 0 bridgehead atoms. The number of hydrogen-bond acceptors (Lipinski definition) is 2. The molecule has 1 aliphatic rings. The highest BCUT2D eigenvalue weighted by Gasteiger charge is 2.40. The standard InChI is InChI=1S/C8H7Cl2FN2/c9-7-2-6(8(10)13-12-7)5-1-4(5)3-11/h2,4-5H,1,3H2. The van der Waals surface area contributed by atoms with Crippen LogP contribution in [0, 0.1) is 5.92 Å². The van der Waals surface area contributed by atoms with Gasteiger partial charge >= 0.3 is 0 Å². The average Bonchev–Trinajstić information content (AvgIpc) is 2.88. The van der Waals surface area contributed by atoms with Crippen molar-refractivity contribution in [2.75, 3.05) is 6.67 Å². The van der Waals surface area contributed by atoms with Crippen LogP contribution in [-0.2, 0) is 0 Å². The van der Waals surface area contributed by atoms with Crippen molar-refractivity contribution in [3.05, 3.63) is 21.9 Å². The number of rotatable bonds is 2. The summed E-state index contributed by atoms with van der Waals surface area (Å²) >= 11 is 11.5. The van der Waals surface area contributed by atoms with Gasteiger partial charge in [0.25, 0.3) is 0 Å². The summed E-state index contributed by atoms with van der Waals surface area (Å²) in [6.45, 7) is -0.305. The normalized spacial score (nSPS) is 26.1. The Morgan fingerprint density at radius 1 is 1.46 bits per heavy atom. The molecule has 1 saturated carbocycles. The summed E-state index contributed by atoms with van der Waals surface area (Å²) in [6, 6.07) is 1.66. The van der Waals surface area contributed by atoms with E-state index in [1.165, 1.54) is 0 Å². The molecule has 1 fully saturated rings. The fraction of sp³-hybridized carbons (Fsp3) is 0.500. The van der Waals surface area contributed by atoms with E-state index in [4.69, 9.17) is 23.2 Å². The second-order valence-electron chi connectivity index (χ2n) is 3.17. The summed E-state index contributed by atoms with van der Waals surface area (Å²) < 4.78 is 12.2. The number of hydrogen-bond donors (Lipinski definition) is 0. The fourth-order valence-corrected chi connectivity index (χ4v) is 1.81. The maximum Gasteiger partial charge on any atom is 0.155 e. The molecule has 0 aliphatic heterocycles. The Bertz CT molecular complexity index is 332. The van der Waals surface area contributed by atoms with E-state index in [0.29, 0.717) is 10.3 Å². The van der Waals surface area contributed by atoms with Crippen LogP contribution in [0.5, 0.6) is 0 Å². The summed E-state index contributed by atoms with van der Waals surface area (Å²) in [6.07, 6.45) is 0.832. The van der Waals surface area contributed by atoms with E-state index in [1.54, 1.807) is 6.07 Å². The van der Waals surface area contributed by atoms with Crippen LogP contribution in [0.1, 0.15) is 17.9 Å². The highest BCUT2D eigenvalue weighted by molar-refractivity contribution is 6.31. The van der Waals surface area contributed by atoms with Gasteiger partial charge in [0.15, 0.2) is 10.3 Å². The lowest BCUT2D eigenvalue weighted by Crippen LogP contribution is -1.92. The van der Waals surface area contributed by atoms with Crippen LogP contribution in [0.4, 0.5) is 4.39 Å². The first-order chi connectivity index (χ1) is 6.22. The van der Waals surface area contributed by atoms with Crippen LogP contribution in [-0.4, -0.2) is 16.9 Å². The van der Waals surface area contributed by atoms with E-state index in [1.807, 2.05) is 0 Å². The second-order valence-corrected chi connectivity index (χ2v) is 3.92. The quantitative estimate of drug-likeness (QED) is 0.767. The van der Waals surface area contributed by atoms with Gasteiger partial charge in [-0.1, -0.05) is 23.2 Å². The van der Waals surface area contributed by atoms with Gasteiger partial charge in [-0.25, -0.2) is 0 Å². The zero-order valence-corrected chi connectivity index (χ0v) is 8.19. The van der Waals surface area contributed by atoms with Crippen LogP contribution >= 0.6 is 23.2 Å². The van der Waals surface area contributed by atoms with Crippen molar-refractivity contribution in [1.29, 1.82) is 0 Å². The van der Waals surface area contributed by atoms with Crippen LogP contribution in [0.2, 0.25) is 10.3 Å². The fourth-order valence-electron chi connectivity index (χ4n) is 1.43. The van der Waals surface area contributed by atoms with Gasteiger partial charge in [0.2, 0.25) is 0 Å². The van der Waals surface area contributed by atoms with Crippen molar-refractivity contribution in [3.63, 3.8) is 0 Å². The van der Waals surface area contributed by atoms with Gasteiger partial charge in [-0.05, 0) is 29.9 Å². The molecular weight excluding hydrogens is 214 g/mol.